The van der Waals surface area contributed by atoms with Crippen molar-refractivity contribution >= 4 is 29.0 Å². The number of nitrogens with zero attached hydrogens (tertiary/aromatic N) is 4. The largest absolute Gasteiger partial charge is 0.354 e. The molecule has 1 aliphatic heterocycles. The summed E-state index contributed by atoms with van der Waals surface area (Å²) in [5.74, 6) is 1.23. The Morgan fingerprint density at radius 3 is 2.44 bits per heavy atom. The molecule has 1 aromatic heterocycles. The minimum Gasteiger partial charge on any atom is -0.354 e. The normalized spacial score (nSPS) is 17.5. The smallest absolute Gasteiger partial charge is 0.138 e. The van der Waals surface area contributed by atoms with Crippen LogP contribution in [0.2, 0.25) is 5.15 Å². The molecule has 1 aliphatic rings. The van der Waals surface area contributed by atoms with Crippen molar-refractivity contribution in [2.45, 2.75) is 25.8 Å². The number of halogens is 2. The van der Waals surface area contributed by atoms with Gasteiger partial charge in [0.15, 0.2) is 0 Å². The SMILES string of the molecule is CC(C)N1CCN(c2ncnc(Cl)c2CCl)CC1. The maximum Gasteiger partial charge on any atom is 0.138 e. The lowest BCUT2D eigenvalue weighted by Gasteiger charge is -2.38. The third-order valence-electron chi connectivity index (χ3n) is 3.35. The van der Waals surface area contributed by atoms with Crippen LogP contribution in [0.5, 0.6) is 0 Å². The van der Waals surface area contributed by atoms with Crippen molar-refractivity contribution in [3.63, 3.8) is 0 Å². The van der Waals surface area contributed by atoms with Crippen LogP contribution in [0.4, 0.5) is 5.82 Å². The molecule has 2 rings (SSSR count). The van der Waals surface area contributed by atoms with Gasteiger partial charge in [0.2, 0.25) is 0 Å². The minimum atomic E-state index is 0.347. The molecule has 0 unspecified atom stereocenters. The summed E-state index contributed by atoms with van der Waals surface area (Å²) in [6.45, 7) is 8.44. The molecule has 0 bridgehead atoms. The second-order valence-corrected chi connectivity index (χ2v) is 5.34. The second-order valence-electron chi connectivity index (χ2n) is 4.72. The van der Waals surface area contributed by atoms with E-state index in [0.717, 1.165) is 37.6 Å². The highest BCUT2D eigenvalue weighted by molar-refractivity contribution is 6.31. The molecule has 4 nitrogen and oxygen atoms in total. The zero-order valence-electron chi connectivity index (χ0n) is 10.7. The molecule has 1 saturated heterocycles. The Bertz CT molecular complexity index is 403. The summed E-state index contributed by atoms with van der Waals surface area (Å²) >= 11 is 12.0. The zero-order chi connectivity index (χ0) is 13.1. The van der Waals surface area contributed by atoms with Crippen molar-refractivity contribution in [1.29, 1.82) is 0 Å². The summed E-state index contributed by atoms with van der Waals surface area (Å²) in [6.07, 6.45) is 1.50. The van der Waals surface area contributed by atoms with E-state index in [4.69, 9.17) is 23.2 Å². The van der Waals surface area contributed by atoms with E-state index in [1.165, 1.54) is 6.33 Å². The van der Waals surface area contributed by atoms with Gasteiger partial charge >= 0.3 is 0 Å². The quantitative estimate of drug-likeness (QED) is 0.632. The average Bonchev–Trinajstić information content (AvgIpc) is 2.38. The lowest BCUT2D eigenvalue weighted by molar-refractivity contribution is 0.209. The van der Waals surface area contributed by atoms with Crippen LogP contribution >= 0.6 is 23.2 Å². The number of hydrogen-bond donors (Lipinski definition) is 0. The number of piperazine rings is 1. The number of hydrogen-bond acceptors (Lipinski definition) is 4. The summed E-state index contributed by atoms with van der Waals surface area (Å²) in [5, 5.41) is 0.460. The van der Waals surface area contributed by atoms with Gasteiger partial charge in [0.05, 0.1) is 5.88 Å². The highest BCUT2D eigenvalue weighted by atomic mass is 35.5. The molecular weight excluding hydrogens is 271 g/mol. The number of anilines is 1. The molecule has 0 atom stereocenters. The standard InChI is InChI=1S/C12H18Cl2N4/c1-9(2)17-3-5-18(6-4-17)12-10(7-13)11(14)15-8-16-12/h8-9H,3-7H2,1-2H3. The highest BCUT2D eigenvalue weighted by Crippen LogP contribution is 2.26. The fourth-order valence-corrected chi connectivity index (χ4v) is 2.73. The molecule has 0 N–H and O–H groups in total. The van der Waals surface area contributed by atoms with Crippen molar-refractivity contribution in [2.24, 2.45) is 0 Å². The molecule has 0 radical (unpaired) electrons. The molecule has 1 fully saturated rings. The fourth-order valence-electron chi connectivity index (χ4n) is 2.22. The molecule has 1 aromatic rings. The molecule has 0 saturated carbocycles. The van der Waals surface area contributed by atoms with Gasteiger partial charge in [0.1, 0.15) is 17.3 Å². The van der Waals surface area contributed by atoms with Gasteiger partial charge in [0, 0.05) is 37.8 Å². The summed E-state index contributed by atoms with van der Waals surface area (Å²) in [5.41, 5.74) is 0.832. The van der Waals surface area contributed by atoms with Crippen molar-refractivity contribution in [3.8, 4) is 0 Å². The van der Waals surface area contributed by atoms with E-state index in [0.29, 0.717) is 17.1 Å². The van der Waals surface area contributed by atoms with Crippen LogP contribution in [0.25, 0.3) is 0 Å². The second kappa shape index (κ2) is 6.04. The molecule has 0 spiro atoms. The summed E-state index contributed by atoms with van der Waals surface area (Å²) in [4.78, 5) is 13.0. The molecule has 2 heterocycles. The Hall–Kier alpha value is -0.580. The van der Waals surface area contributed by atoms with Gasteiger partial charge in [-0.3, -0.25) is 4.90 Å². The first-order valence-electron chi connectivity index (χ1n) is 6.17. The molecule has 0 amide bonds. The molecule has 0 aromatic carbocycles. The first-order chi connectivity index (χ1) is 8.63. The molecule has 6 heteroatoms. The Morgan fingerprint density at radius 2 is 1.89 bits per heavy atom. The van der Waals surface area contributed by atoms with Gasteiger partial charge < -0.3 is 4.90 Å². The molecule has 18 heavy (non-hydrogen) atoms. The number of alkyl halides is 1. The lowest BCUT2D eigenvalue weighted by atomic mass is 10.2. The predicted octanol–water partition coefficient (Wildman–Crippen LogP) is 2.40. The van der Waals surface area contributed by atoms with Crippen molar-refractivity contribution in [1.82, 2.24) is 14.9 Å². The van der Waals surface area contributed by atoms with Crippen LogP contribution in [0.3, 0.4) is 0 Å². The van der Waals surface area contributed by atoms with Crippen molar-refractivity contribution in [2.75, 3.05) is 31.1 Å². The maximum atomic E-state index is 6.06. The van der Waals surface area contributed by atoms with Crippen LogP contribution < -0.4 is 4.90 Å². The van der Waals surface area contributed by atoms with E-state index in [2.05, 4.69) is 33.6 Å². The highest BCUT2D eigenvalue weighted by Gasteiger charge is 2.22. The molecular formula is C12H18Cl2N4. The first kappa shape index (κ1) is 13.8. The van der Waals surface area contributed by atoms with E-state index < -0.39 is 0 Å². The minimum absolute atomic E-state index is 0.347. The van der Waals surface area contributed by atoms with Gasteiger partial charge in [-0.15, -0.1) is 11.6 Å². The molecule has 100 valence electrons. The third kappa shape index (κ3) is 2.87. The van der Waals surface area contributed by atoms with Gasteiger partial charge in [-0.2, -0.15) is 0 Å². The summed E-state index contributed by atoms with van der Waals surface area (Å²) in [6, 6.07) is 0.591. The van der Waals surface area contributed by atoms with Crippen LogP contribution in [0.15, 0.2) is 6.33 Å². The van der Waals surface area contributed by atoms with E-state index in [1.807, 2.05) is 0 Å². The summed E-state index contributed by atoms with van der Waals surface area (Å²) in [7, 11) is 0. The first-order valence-corrected chi connectivity index (χ1v) is 7.09. The average molecular weight is 289 g/mol. The molecule has 0 aliphatic carbocycles. The van der Waals surface area contributed by atoms with Crippen LogP contribution in [-0.4, -0.2) is 47.1 Å². The van der Waals surface area contributed by atoms with Crippen molar-refractivity contribution in [3.05, 3.63) is 17.0 Å². The zero-order valence-corrected chi connectivity index (χ0v) is 12.2. The Morgan fingerprint density at radius 1 is 1.22 bits per heavy atom. The third-order valence-corrected chi connectivity index (χ3v) is 3.94. The monoisotopic (exact) mass is 288 g/mol. The van der Waals surface area contributed by atoms with E-state index >= 15 is 0 Å². The Kier molecular flexibility index (Phi) is 4.65. The summed E-state index contributed by atoms with van der Waals surface area (Å²) < 4.78 is 0. The van der Waals surface area contributed by atoms with E-state index in [-0.39, 0.29) is 0 Å². The Labute approximate surface area is 118 Å². The topological polar surface area (TPSA) is 32.3 Å². The van der Waals surface area contributed by atoms with Gasteiger partial charge in [-0.05, 0) is 13.8 Å². The van der Waals surface area contributed by atoms with Crippen LogP contribution in [0.1, 0.15) is 19.4 Å². The van der Waals surface area contributed by atoms with Crippen LogP contribution in [0, 0.1) is 0 Å². The van der Waals surface area contributed by atoms with Gasteiger partial charge in [-0.1, -0.05) is 11.6 Å². The number of aromatic nitrogens is 2. The van der Waals surface area contributed by atoms with E-state index in [9.17, 15) is 0 Å². The predicted molar refractivity (Wildman–Crippen MR) is 75.5 cm³/mol. The van der Waals surface area contributed by atoms with Gasteiger partial charge in [-0.25, -0.2) is 9.97 Å². The Balaban J connectivity index is 2.12. The van der Waals surface area contributed by atoms with Crippen molar-refractivity contribution < 1.29 is 0 Å². The van der Waals surface area contributed by atoms with E-state index in [1.54, 1.807) is 0 Å². The van der Waals surface area contributed by atoms with Gasteiger partial charge in [0.25, 0.3) is 0 Å². The number of rotatable bonds is 3. The maximum absolute atomic E-state index is 6.06. The van der Waals surface area contributed by atoms with Crippen LogP contribution in [-0.2, 0) is 5.88 Å². The fraction of sp³-hybridized carbons (Fsp3) is 0.667. The lowest BCUT2D eigenvalue weighted by Crippen LogP contribution is -2.49.